The molecule has 5 heteroatoms. The number of ether oxygens (including phenoxy) is 1. The van der Waals surface area contributed by atoms with Crippen molar-refractivity contribution in [1.82, 2.24) is 0 Å². The predicted molar refractivity (Wildman–Crippen MR) is 84.7 cm³/mol. The number of hydrogen-bond acceptors (Lipinski definition) is 3. The van der Waals surface area contributed by atoms with Gasteiger partial charge >= 0.3 is 0 Å². The third kappa shape index (κ3) is 3.52. The third-order valence-corrected chi connectivity index (χ3v) is 4.28. The monoisotopic (exact) mass is 340 g/mol. The summed E-state index contributed by atoms with van der Waals surface area (Å²) in [5.41, 5.74) is 7.33. The van der Waals surface area contributed by atoms with Gasteiger partial charge in [-0.15, -0.1) is 0 Å². The Morgan fingerprint density at radius 1 is 1.50 bits per heavy atom. The zero-order valence-electron chi connectivity index (χ0n) is 11.9. The van der Waals surface area contributed by atoms with Crippen LogP contribution in [0.15, 0.2) is 22.7 Å². The normalized spacial score (nSPS) is 21.4. The second-order valence-corrected chi connectivity index (χ2v) is 6.19. The molecule has 1 aromatic rings. The summed E-state index contributed by atoms with van der Waals surface area (Å²) in [5.74, 6) is 0.553. The van der Waals surface area contributed by atoms with Gasteiger partial charge in [0.2, 0.25) is 5.91 Å². The first-order chi connectivity index (χ1) is 9.51. The number of carbonyl (C=O) groups is 1. The molecule has 1 aromatic carbocycles. The molecule has 2 N–H and O–H groups in total. The molecule has 4 nitrogen and oxygen atoms in total. The molecule has 0 bridgehead atoms. The van der Waals surface area contributed by atoms with Gasteiger partial charge in [-0.25, -0.2) is 0 Å². The molecule has 0 spiro atoms. The highest BCUT2D eigenvalue weighted by Crippen LogP contribution is 2.34. The van der Waals surface area contributed by atoms with Crippen LogP contribution in [0.1, 0.15) is 26.2 Å². The fourth-order valence-electron chi connectivity index (χ4n) is 2.56. The molecule has 1 amide bonds. The van der Waals surface area contributed by atoms with E-state index in [4.69, 9.17) is 10.5 Å². The Balaban J connectivity index is 1.89. The number of hydrogen-bond donors (Lipinski definition) is 1. The van der Waals surface area contributed by atoms with Crippen LogP contribution in [0.3, 0.4) is 0 Å². The molecule has 0 heterocycles. The average molecular weight is 341 g/mol. The van der Waals surface area contributed by atoms with Crippen molar-refractivity contribution in [3.05, 3.63) is 22.7 Å². The van der Waals surface area contributed by atoms with E-state index in [-0.39, 0.29) is 5.91 Å². The summed E-state index contributed by atoms with van der Waals surface area (Å²) in [6.07, 6.45) is 2.89. The van der Waals surface area contributed by atoms with E-state index < -0.39 is 0 Å². The Bertz CT molecular complexity index is 487. The lowest BCUT2D eigenvalue weighted by molar-refractivity contribution is -0.121. The quantitative estimate of drug-likeness (QED) is 0.837. The molecule has 1 aliphatic carbocycles. The van der Waals surface area contributed by atoms with Crippen LogP contribution >= 0.6 is 15.9 Å². The largest absolute Gasteiger partial charge is 0.397 e. The van der Waals surface area contributed by atoms with E-state index in [1.165, 1.54) is 0 Å². The summed E-state index contributed by atoms with van der Waals surface area (Å²) in [7, 11) is 1.78. The molecule has 20 heavy (non-hydrogen) atoms. The molecular formula is C15H21BrN2O2. The number of benzene rings is 1. The van der Waals surface area contributed by atoms with Crippen LogP contribution in [0, 0.1) is 5.92 Å². The lowest BCUT2D eigenvalue weighted by atomic mass is 9.79. The van der Waals surface area contributed by atoms with Crippen molar-refractivity contribution in [2.45, 2.75) is 32.3 Å². The average Bonchev–Trinajstić information content (AvgIpc) is 2.35. The smallest absolute Gasteiger partial charge is 0.227 e. The second-order valence-electron chi connectivity index (χ2n) is 5.27. The lowest BCUT2D eigenvalue weighted by Crippen LogP contribution is -2.36. The predicted octanol–water partition coefficient (Wildman–Crippen LogP) is 3.20. The number of amides is 1. The molecule has 1 aliphatic rings. The third-order valence-electron chi connectivity index (χ3n) is 3.78. The van der Waals surface area contributed by atoms with Gasteiger partial charge in [0.05, 0.1) is 17.5 Å². The van der Waals surface area contributed by atoms with E-state index in [0.29, 0.717) is 24.1 Å². The number of rotatable bonds is 5. The molecule has 110 valence electrons. The molecule has 0 radical (unpaired) electrons. The van der Waals surface area contributed by atoms with E-state index >= 15 is 0 Å². The van der Waals surface area contributed by atoms with E-state index in [9.17, 15) is 4.79 Å². The minimum absolute atomic E-state index is 0.110. The van der Waals surface area contributed by atoms with E-state index in [1.807, 2.05) is 25.1 Å². The van der Waals surface area contributed by atoms with Crippen LogP contribution in [0.2, 0.25) is 0 Å². The van der Waals surface area contributed by atoms with E-state index in [0.717, 1.165) is 29.6 Å². The van der Waals surface area contributed by atoms with Crippen molar-refractivity contribution in [1.29, 1.82) is 0 Å². The fourth-order valence-corrected chi connectivity index (χ4v) is 2.94. The van der Waals surface area contributed by atoms with Crippen molar-refractivity contribution in [2.75, 3.05) is 24.3 Å². The summed E-state index contributed by atoms with van der Waals surface area (Å²) in [5, 5.41) is 0. The number of nitrogen functional groups attached to an aromatic ring is 1. The molecule has 1 fully saturated rings. The first kappa shape index (κ1) is 15.3. The highest BCUT2D eigenvalue weighted by molar-refractivity contribution is 9.10. The number of anilines is 2. The molecule has 0 saturated heterocycles. The number of nitrogens with two attached hydrogens (primary N) is 1. The Morgan fingerprint density at radius 2 is 2.20 bits per heavy atom. The Hall–Kier alpha value is -1.07. The van der Waals surface area contributed by atoms with Crippen molar-refractivity contribution in [2.24, 2.45) is 5.92 Å². The first-order valence-corrected chi connectivity index (χ1v) is 7.73. The van der Waals surface area contributed by atoms with Gasteiger partial charge < -0.3 is 15.4 Å². The molecule has 1 saturated carbocycles. The minimum atomic E-state index is 0.110. The van der Waals surface area contributed by atoms with E-state index in [1.54, 1.807) is 11.9 Å². The van der Waals surface area contributed by atoms with Crippen LogP contribution in [0.25, 0.3) is 0 Å². The van der Waals surface area contributed by atoms with Crippen molar-refractivity contribution in [3.63, 3.8) is 0 Å². The van der Waals surface area contributed by atoms with Gasteiger partial charge in [0, 0.05) is 24.5 Å². The van der Waals surface area contributed by atoms with Gasteiger partial charge in [-0.1, -0.05) is 15.9 Å². The maximum atomic E-state index is 12.3. The number of halogens is 1. The summed E-state index contributed by atoms with van der Waals surface area (Å²) >= 11 is 3.37. The van der Waals surface area contributed by atoms with Crippen molar-refractivity contribution >= 4 is 33.2 Å². The van der Waals surface area contributed by atoms with Crippen LogP contribution in [-0.4, -0.2) is 25.7 Å². The van der Waals surface area contributed by atoms with Crippen LogP contribution in [0.5, 0.6) is 0 Å². The van der Waals surface area contributed by atoms with Crippen molar-refractivity contribution < 1.29 is 9.53 Å². The van der Waals surface area contributed by atoms with Crippen LogP contribution in [-0.2, 0) is 9.53 Å². The van der Waals surface area contributed by atoms with Gasteiger partial charge in [0.1, 0.15) is 0 Å². The maximum absolute atomic E-state index is 12.3. The second kappa shape index (κ2) is 6.59. The molecule has 2 rings (SSSR count). The van der Waals surface area contributed by atoms with Gasteiger partial charge in [0.25, 0.3) is 0 Å². The summed E-state index contributed by atoms with van der Waals surface area (Å²) in [4.78, 5) is 13.9. The summed E-state index contributed by atoms with van der Waals surface area (Å²) in [6, 6.07) is 5.57. The zero-order valence-corrected chi connectivity index (χ0v) is 13.5. The van der Waals surface area contributed by atoms with Gasteiger partial charge in [-0.05, 0) is 43.9 Å². The Labute approximate surface area is 128 Å². The molecule has 0 unspecified atom stereocenters. The van der Waals surface area contributed by atoms with Gasteiger partial charge in [-0.3, -0.25) is 4.79 Å². The fraction of sp³-hybridized carbons (Fsp3) is 0.533. The molecule has 0 atom stereocenters. The summed E-state index contributed by atoms with van der Waals surface area (Å²) < 4.78 is 6.43. The van der Waals surface area contributed by atoms with Crippen LogP contribution in [0.4, 0.5) is 11.4 Å². The number of nitrogens with zero attached hydrogens (tertiary/aromatic N) is 1. The minimum Gasteiger partial charge on any atom is -0.397 e. The summed E-state index contributed by atoms with van der Waals surface area (Å²) in [6.45, 7) is 2.75. The first-order valence-electron chi connectivity index (χ1n) is 6.94. The highest BCUT2D eigenvalue weighted by atomic mass is 79.9. The number of carbonyl (C=O) groups excluding carboxylic acids is 1. The lowest BCUT2D eigenvalue weighted by Gasteiger charge is -2.35. The maximum Gasteiger partial charge on any atom is 0.227 e. The standard InChI is InChI=1S/C15H21BrN2O2/c1-3-20-12-6-10(7-12)8-15(19)18(2)14-5-4-11(16)9-13(14)17/h4-5,9-10,12H,3,6-8,17H2,1-2H3. The van der Waals surface area contributed by atoms with E-state index in [2.05, 4.69) is 15.9 Å². The SMILES string of the molecule is CCOC1CC(CC(=O)N(C)c2ccc(Br)cc2N)C1. The molecular weight excluding hydrogens is 320 g/mol. The van der Waals surface area contributed by atoms with Crippen LogP contribution < -0.4 is 10.6 Å². The topological polar surface area (TPSA) is 55.6 Å². The molecule has 0 aliphatic heterocycles. The Kier molecular flexibility index (Phi) is 5.05. The highest BCUT2D eigenvalue weighted by Gasteiger charge is 2.32. The van der Waals surface area contributed by atoms with Gasteiger partial charge in [0.15, 0.2) is 0 Å². The Morgan fingerprint density at radius 3 is 2.80 bits per heavy atom. The van der Waals surface area contributed by atoms with Gasteiger partial charge in [-0.2, -0.15) is 0 Å². The zero-order chi connectivity index (χ0) is 14.7. The van der Waals surface area contributed by atoms with Crippen molar-refractivity contribution in [3.8, 4) is 0 Å². The molecule has 0 aromatic heterocycles.